The van der Waals surface area contributed by atoms with Crippen LogP contribution in [0.1, 0.15) is 5.56 Å². The molecule has 2 aromatic heterocycles. The molecule has 2 heterocycles. The highest BCUT2D eigenvalue weighted by atomic mass is 19.1. The maximum atomic E-state index is 14.9. The van der Waals surface area contributed by atoms with Crippen LogP contribution in [0.25, 0.3) is 10.9 Å². The van der Waals surface area contributed by atoms with Gasteiger partial charge in [0.25, 0.3) is 0 Å². The van der Waals surface area contributed by atoms with Crippen molar-refractivity contribution in [2.45, 2.75) is 6.54 Å². The van der Waals surface area contributed by atoms with Crippen LogP contribution in [-0.4, -0.2) is 32.6 Å². The van der Waals surface area contributed by atoms with E-state index in [1.165, 1.54) is 30.5 Å². The molecular formula is C27H18F3N7O3. The molecule has 0 fully saturated rings. The molecular weight excluding hydrogens is 527 g/mol. The molecule has 0 bridgehead atoms. The molecule has 0 radical (unpaired) electrons. The van der Waals surface area contributed by atoms with Crippen molar-refractivity contribution in [2.24, 2.45) is 0 Å². The van der Waals surface area contributed by atoms with Crippen molar-refractivity contribution in [3.8, 4) is 23.3 Å². The first-order chi connectivity index (χ1) is 19.4. The third-order valence-electron chi connectivity index (χ3n) is 5.56. The molecule has 40 heavy (non-hydrogen) atoms. The predicted octanol–water partition coefficient (Wildman–Crippen LogP) is 5.63. The predicted molar refractivity (Wildman–Crippen MR) is 137 cm³/mol. The number of hydrogen-bond acceptors (Lipinski definition) is 7. The van der Waals surface area contributed by atoms with Gasteiger partial charge in [0.2, 0.25) is 0 Å². The molecule has 0 unspecified atom stereocenters. The van der Waals surface area contributed by atoms with Gasteiger partial charge in [-0.15, -0.1) is 5.10 Å². The van der Waals surface area contributed by atoms with Crippen LogP contribution in [0.4, 0.5) is 29.3 Å². The number of nitrogens with one attached hydrogen (secondary N) is 2. The molecule has 0 aliphatic carbocycles. The number of rotatable bonds is 8. The zero-order chi connectivity index (χ0) is 28.1. The van der Waals surface area contributed by atoms with Gasteiger partial charge in [0.1, 0.15) is 35.8 Å². The number of carbonyl (C=O) groups excluding carboxylic acids is 1. The summed E-state index contributed by atoms with van der Waals surface area (Å²) in [6.07, 6.45) is 4.70. The van der Waals surface area contributed by atoms with Gasteiger partial charge in [-0.1, -0.05) is 5.21 Å². The van der Waals surface area contributed by atoms with Crippen molar-refractivity contribution in [2.75, 3.05) is 17.2 Å². The molecule has 3 aromatic carbocycles. The Hall–Kier alpha value is -5.64. The van der Waals surface area contributed by atoms with Crippen LogP contribution in [-0.2, 0) is 6.54 Å². The Morgan fingerprint density at radius 2 is 1.82 bits per heavy atom. The van der Waals surface area contributed by atoms with Crippen LogP contribution in [0.15, 0.2) is 73.2 Å². The van der Waals surface area contributed by atoms with Crippen LogP contribution in [0, 0.1) is 28.8 Å². The highest BCUT2D eigenvalue weighted by Crippen LogP contribution is 2.34. The van der Waals surface area contributed by atoms with Crippen LogP contribution in [0.2, 0.25) is 0 Å². The lowest BCUT2D eigenvalue weighted by Gasteiger charge is -2.13. The molecule has 0 aliphatic heterocycles. The molecule has 0 aliphatic rings. The first-order valence-electron chi connectivity index (χ1n) is 11.7. The van der Waals surface area contributed by atoms with Gasteiger partial charge in [0.15, 0.2) is 11.6 Å². The van der Waals surface area contributed by atoms with Crippen molar-refractivity contribution in [3.63, 3.8) is 0 Å². The minimum Gasteiger partial charge on any atom is -0.490 e. The highest BCUT2D eigenvalue weighted by molar-refractivity contribution is 5.99. The summed E-state index contributed by atoms with van der Waals surface area (Å²) in [4.78, 5) is 16.5. The lowest BCUT2D eigenvalue weighted by atomic mass is 10.1. The van der Waals surface area contributed by atoms with E-state index in [-0.39, 0.29) is 35.0 Å². The van der Waals surface area contributed by atoms with Crippen molar-refractivity contribution in [3.05, 3.63) is 96.2 Å². The number of aromatic nitrogens is 4. The van der Waals surface area contributed by atoms with Crippen LogP contribution >= 0.6 is 0 Å². The van der Waals surface area contributed by atoms with Gasteiger partial charge in [-0.05, 0) is 36.4 Å². The van der Waals surface area contributed by atoms with Gasteiger partial charge in [-0.2, -0.15) is 5.26 Å². The molecule has 0 saturated carbocycles. The number of nitrogens with zero attached hydrogens (tertiary/aromatic N) is 5. The molecule has 200 valence electrons. The zero-order valence-corrected chi connectivity index (χ0v) is 20.4. The monoisotopic (exact) mass is 545 g/mol. The lowest BCUT2D eigenvalue weighted by molar-refractivity contribution is 0.262. The normalized spacial score (nSPS) is 10.7. The number of anilines is 2. The summed E-state index contributed by atoms with van der Waals surface area (Å²) < 4.78 is 54.8. The molecule has 13 heteroatoms. The van der Waals surface area contributed by atoms with Crippen molar-refractivity contribution in [1.29, 1.82) is 5.26 Å². The van der Waals surface area contributed by atoms with E-state index in [1.807, 2.05) is 0 Å². The van der Waals surface area contributed by atoms with Crippen LogP contribution in [0.5, 0.6) is 17.2 Å². The van der Waals surface area contributed by atoms with Gasteiger partial charge in [-0.3, -0.25) is 4.98 Å². The Labute approximate surface area is 224 Å². The molecule has 2 amide bonds. The maximum absolute atomic E-state index is 14.9. The smallest absolute Gasteiger partial charge is 0.323 e. The SMILES string of the molecule is N#Cc1cc2c(Oc3ccc(NC(=O)Nc4ccc(F)cc4F)cc3F)ccnc2cc1OCCn1ccnn1. The third kappa shape index (κ3) is 5.91. The number of hydrogen-bond donors (Lipinski definition) is 2. The van der Waals surface area contributed by atoms with Gasteiger partial charge in [-0.25, -0.2) is 22.6 Å². The zero-order valence-electron chi connectivity index (χ0n) is 20.4. The Bertz CT molecular complexity index is 1740. The number of nitriles is 1. The van der Waals surface area contributed by atoms with Gasteiger partial charge < -0.3 is 20.1 Å². The van der Waals surface area contributed by atoms with E-state index >= 15 is 0 Å². The second kappa shape index (κ2) is 11.4. The molecule has 5 aromatic rings. The number of urea groups is 1. The Balaban J connectivity index is 1.30. The van der Waals surface area contributed by atoms with Crippen molar-refractivity contribution >= 4 is 28.3 Å². The summed E-state index contributed by atoms with van der Waals surface area (Å²) in [5, 5.41) is 22.3. The number of ether oxygens (including phenoxy) is 2. The maximum Gasteiger partial charge on any atom is 0.323 e. The van der Waals surface area contributed by atoms with E-state index in [2.05, 4.69) is 32.0 Å². The average molecular weight is 545 g/mol. The summed E-state index contributed by atoms with van der Waals surface area (Å²) in [6.45, 7) is 0.663. The number of amides is 2. The Morgan fingerprint density at radius 1 is 0.950 bits per heavy atom. The number of carbonyl (C=O) groups is 1. The van der Waals surface area contributed by atoms with E-state index in [9.17, 15) is 23.2 Å². The molecule has 10 nitrogen and oxygen atoms in total. The fourth-order valence-corrected chi connectivity index (χ4v) is 3.70. The summed E-state index contributed by atoms with van der Waals surface area (Å²) in [5.41, 5.74) is 0.497. The number of benzene rings is 3. The fraction of sp³-hybridized carbons (Fsp3) is 0.0741. The second-order valence-corrected chi connectivity index (χ2v) is 8.25. The molecule has 5 rings (SSSR count). The average Bonchev–Trinajstić information content (AvgIpc) is 3.45. The highest BCUT2D eigenvalue weighted by Gasteiger charge is 2.15. The van der Waals surface area contributed by atoms with Gasteiger partial charge in [0.05, 0.1) is 29.5 Å². The van der Waals surface area contributed by atoms with Gasteiger partial charge >= 0.3 is 6.03 Å². The largest absolute Gasteiger partial charge is 0.490 e. The van der Waals surface area contributed by atoms with Crippen molar-refractivity contribution in [1.82, 2.24) is 20.0 Å². The summed E-state index contributed by atoms with van der Waals surface area (Å²) >= 11 is 0. The lowest BCUT2D eigenvalue weighted by Crippen LogP contribution is -2.20. The van der Waals surface area contributed by atoms with E-state index < -0.39 is 23.5 Å². The topological polar surface area (TPSA) is 127 Å². The van der Waals surface area contributed by atoms with Crippen LogP contribution in [0.3, 0.4) is 0 Å². The first kappa shape index (κ1) is 26.0. The number of halogens is 3. The van der Waals surface area contributed by atoms with E-state index in [4.69, 9.17) is 9.47 Å². The first-order valence-corrected chi connectivity index (χ1v) is 11.7. The van der Waals surface area contributed by atoms with E-state index in [1.54, 1.807) is 23.1 Å². The quantitative estimate of drug-likeness (QED) is 0.259. The fourth-order valence-electron chi connectivity index (χ4n) is 3.70. The van der Waals surface area contributed by atoms with E-state index in [0.29, 0.717) is 29.3 Å². The molecule has 0 saturated heterocycles. The Kier molecular flexibility index (Phi) is 7.41. The molecule has 0 atom stereocenters. The summed E-state index contributed by atoms with van der Waals surface area (Å²) in [6, 6.07) is 12.2. The standard InChI is InChI=1S/C27H18F3N7O3/c28-17-1-3-22(20(29)12-17)35-27(38)34-18-2-4-25(21(30)13-18)40-24-5-6-32-23-14-26(16(15-31)11-19(23)24)39-10-9-37-8-7-33-36-37/h1-8,11-14H,9-10H2,(H2,34,35,38). The van der Waals surface area contributed by atoms with Gasteiger partial charge in [0, 0.05) is 41.7 Å². The van der Waals surface area contributed by atoms with Crippen molar-refractivity contribution < 1.29 is 27.4 Å². The minimum atomic E-state index is -0.959. The second-order valence-electron chi connectivity index (χ2n) is 8.25. The summed E-state index contributed by atoms with van der Waals surface area (Å²) in [5.74, 6) is -2.15. The van der Waals surface area contributed by atoms with Crippen LogP contribution < -0.4 is 20.1 Å². The summed E-state index contributed by atoms with van der Waals surface area (Å²) in [7, 11) is 0. The number of pyridine rings is 1. The molecule has 0 spiro atoms. The Morgan fingerprint density at radius 3 is 2.58 bits per heavy atom. The number of fused-ring (bicyclic) bond motifs is 1. The van der Waals surface area contributed by atoms with E-state index in [0.717, 1.165) is 18.2 Å². The molecule has 2 N–H and O–H groups in total. The minimum absolute atomic E-state index is 0.0592. The third-order valence-corrected chi connectivity index (χ3v) is 5.56.